The van der Waals surface area contributed by atoms with Crippen LogP contribution in [0.1, 0.15) is 44.9 Å². The number of nitrogens with zero attached hydrogens (tertiary/aromatic N) is 4. The minimum Gasteiger partial charge on any atom is -0.355 e. The van der Waals surface area contributed by atoms with E-state index in [0.29, 0.717) is 15.5 Å². The molecule has 1 aliphatic carbocycles. The van der Waals surface area contributed by atoms with E-state index in [1.54, 1.807) is 6.07 Å². The van der Waals surface area contributed by atoms with Crippen LogP contribution >= 0.6 is 23.2 Å². The maximum atomic E-state index is 6.12. The van der Waals surface area contributed by atoms with Gasteiger partial charge in [-0.15, -0.1) is 10.2 Å². The number of halogens is 2. The third kappa shape index (κ3) is 4.12. The number of hydrogen-bond donors (Lipinski definition) is 0. The summed E-state index contributed by atoms with van der Waals surface area (Å²) in [6, 6.07) is 10.5. The molecule has 3 fully saturated rings. The minimum atomic E-state index is 0.557. The summed E-state index contributed by atoms with van der Waals surface area (Å²) in [5.41, 5.74) is 2.26. The SMILES string of the molecule is Clc1cc(Cl)cc(-c2ccc(N3CCC4(CC3)CCN(C3CCC3)CC4)nn2)c1. The molecular formula is C23H28Cl2N4. The van der Waals surface area contributed by atoms with Crippen molar-refractivity contribution in [2.45, 2.75) is 51.0 Å². The fourth-order valence-corrected chi connectivity index (χ4v) is 5.70. The minimum absolute atomic E-state index is 0.557. The van der Waals surface area contributed by atoms with Gasteiger partial charge in [0.25, 0.3) is 0 Å². The Labute approximate surface area is 183 Å². The summed E-state index contributed by atoms with van der Waals surface area (Å²) in [5.74, 6) is 0.976. The van der Waals surface area contributed by atoms with Crippen LogP contribution in [-0.2, 0) is 0 Å². The fraction of sp³-hybridized carbons (Fsp3) is 0.565. The quantitative estimate of drug-likeness (QED) is 0.626. The zero-order valence-electron chi connectivity index (χ0n) is 16.8. The van der Waals surface area contributed by atoms with Gasteiger partial charge in [0.2, 0.25) is 0 Å². The summed E-state index contributed by atoms with van der Waals surface area (Å²) >= 11 is 12.2. The molecule has 4 nitrogen and oxygen atoms in total. The molecule has 1 spiro atoms. The van der Waals surface area contributed by atoms with Crippen LogP contribution in [0.25, 0.3) is 11.3 Å². The third-order valence-electron chi connectivity index (χ3n) is 7.41. The highest BCUT2D eigenvalue weighted by atomic mass is 35.5. The smallest absolute Gasteiger partial charge is 0.151 e. The molecule has 0 bridgehead atoms. The van der Waals surface area contributed by atoms with Crippen LogP contribution < -0.4 is 4.90 Å². The van der Waals surface area contributed by atoms with Crippen molar-refractivity contribution in [3.8, 4) is 11.3 Å². The van der Waals surface area contributed by atoms with Gasteiger partial charge >= 0.3 is 0 Å². The van der Waals surface area contributed by atoms with Crippen molar-refractivity contribution in [1.29, 1.82) is 0 Å². The first-order chi connectivity index (χ1) is 14.1. The number of hydrogen-bond acceptors (Lipinski definition) is 4. The molecule has 1 aromatic carbocycles. The second-order valence-corrected chi connectivity index (χ2v) is 9.92. The molecule has 0 unspecified atom stereocenters. The molecule has 0 amide bonds. The monoisotopic (exact) mass is 430 g/mol. The van der Waals surface area contributed by atoms with Gasteiger partial charge < -0.3 is 9.80 Å². The molecule has 1 aromatic heterocycles. The molecule has 29 heavy (non-hydrogen) atoms. The van der Waals surface area contributed by atoms with Gasteiger partial charge in [-0.1, -0.05) is 29.6 Å². The lowest BCUT2D eigenvalue weighted by atomic mass is 9.70. The second-order valence-electron chi connectivity index (χ2n) is 9.04. The first-order valence-electron chi connectivity index (χ1n) is 10.9. The summed E-state index contributed by atoms with van der Waals surface area (Å²) < 4.78 is 0. The normalized spacial score (nSPS) is 22.6. The lowest BCUT2D eigenvalue weighted by Gasteiger charge is -2.50. The zero-order chi connectivity index (χ0) is 19.8. The van der Waals surface area contributed by atoms with E-state index in [1.165, 1.54) is 58.0 Å². The molecule has 0 N–H and O–H groups in total. The number of likely N-dealkylation sites (tertiary alicyclic amines) is 1. The average Bonchev–Trinajstić information content (AvgIpc) is 2.69. The van der Waals surface area contributed by atoms with Gasteiger partial charge in [-0.05, 0) is 87.4 Å². The molecule has 3 heterocycles. The molecule has 0 atom stereocenters. The van der Waals surface area contributed by atoms with Crippen LogP contribution in [0, 0.1) is 5.41 Å². The van der Waals surface area contributed by atoms with Crippen LogP contribution in [0.15, 0.2) is 30.3 Å². The highest BCUT2D eigenvalue weighted by Crippen LogP contribution is 2.43. The molecule has 2 aromatic rings. The third-order valence-corrected chi connectivity index (χ3v) is 7.84. The van der Waals surface area contributed by atoms with Crippen molar-refractivity contribution in [2.24, 2.45) is 5.41 Å². The Morgan fingerprint density at radius 1 is 0.828 bits per heavy atom. The molecule has 2 saturated heterocycles. The van der Waals surface area contributed by atoms with E-state index in [4.69, 9.17) is 23.2 Å². The number of anilines is 1. The number of benzene rings is 1. The topological polar surface area (TPSA) is 32.3 Å². The van der Waals surface area contributed by atoms with E-state index in [2.05, 4.69) is 26.1 Å². The van der Waals surface area contributed by atoms with Crippen molar-refractivity contribution in [2.75, 3.05) is 31.1 Å². The molecule has 5 rings (SSSR count). The van der Waals surface area contributed by atoms with Crippen molar-refractivity contribution in [3.05, 3.63) is 40.4 Å². The highest BCUT2D eigenvalue weighted by Gasteiger charge is 2.39. The van der Waals surface area contributed by atoms with Crippen LogP contribution in [0.2, 0.25) is 10.0 Å². The van der Waals surface area contributed by atoms with E-state index in [0.717, 1.165) is 36.2 Å². The van der Waals surface area contributed by atoms with Crippen molar-refractivity contribution < 1.29 is 0 Å². The van der Waals surface area contributed by atoms with E-state index in [9.17, 15) is 0 Å². The van der Waals surface area contributed by atoms with Crippen LogP contribution in [0.3, 0.4) is 0 Å². The van der Waals surface area contributed by atoms with Gasteiger partial charge in [0.15, 0.2) is 5.82 Å². The Kier molecular flexibility index (Phi) is 5.44. The summed E-state index contributed by atoms with van der Waals surface area (Å²) in [6.07, 6.45) is 9.59. The number of aromatic nitrogens is 2. The lowest BCUT2D eigenvalue weighted by molar-refractivity contribution is 0.0305. The Balaban J connectivity index is 1.20. The van der Waals surface area contributed by atoms with Gasteiger partial charge in [-0.3, -0.25) is 0 Å². The van der Waals surface area contributed by atoms with E-state index >= 15 is 0 Å². The van der Waals surface area contributed by atoms with Crippen LogP contribution in [0.5, 0.6) is 0 Å². The van der Waals surface area contributed by atoms with Crippen molar-refractivity contribution in [3.63, 3.8) is 0 Å². The molecule has 3 aliphatic rings. The Hall–Kier alpha value is -1.36. The Morgan fingerprint density at radius 2 is 1.48 bits per heavy atom. The number of rotatable bonds is 3. The summed E-state index contributed by atoms with van der Waals surface area (Å²) in [4.78, 5) is 5.15. The van der Waals surface area contributed by atoms with E-state index in [1.807, 2.05) is 18.2 Å². The van der Waals surface area contributed by atoms with Gasteiger partial charge in [-0.25, -0.2) is 0 Å². The summed E-state index contributed by atoms with van der Waals surface area (Å²) in [7, 11) is 0. The molecule has 1 saturated carbocycles. The molecule has 6 heteroatoms. The molecule has 154 valence electrons. The predicted molar refractivity (Wildman–Crippen MR) is 120 cm³/mol. The molecular weight excluding hydrogens is 403 g/mol. The number of piperidine rings is 2. The first-order valence-corrected chi connectivity index (χ1v) is 11.7. The first kappa shape index (κ1) is 19.6. The van der Waals surface area contributed by atoms with E-state index in [-0.39, 0.29) is 0 Å². The maximum Gasteiger partial charge on any atom is 0.151 e. The Morgan fingerprint density at radius 3 is 2.03 bits per heavy atom. The van der Waals surface area contributed by atoms with Gasteiger partial charge in [-0.2, -0.15) is 0 Å². The summed E-state index contributed by atoms with van der Waals surface area (Å²) in [5, 5.41) is 10.2. The largest absolute Gasteiger partial charge is 0.355 e. The Bertz CT molecular complexity index is 827. The molecule has 2 aliphatic heterocycles. The second kappa shape index (κ2) is 8.05. The van der Waals surface area contributed by atoms with Crippen LogP contribution in [-0.4, -0.2) is 47.3 Å². The average molecular weight is 431 g/mol. The van der Waals surface area contributed by atoms with Crippen LogP contribution in [0.4, 0.5) is 5.82 Å². The summed E-state index contributed by atoms with van der Waals surface area (Å²) in [6.45, 7) is 4.78. The zero-order valence-corrected chi connectivity index (χ0v) is 18.3. The van der Waals surface area contributed by atoms with E-state index < -0.39 is 0 Å². The lowest BCUT2D eigenvalue weighted by Crippen LogP contribution is -2.51. The van der Waals surface area contributed by atoms with Crippen molar-refractivity contribution in [1.82, 2.24) is 15.1 Å². The van der Waals surface area contributed by atoms with Gasteiger partial charge in [0.1, 0.15) is 0 Å². The van der Waals surface area contributed by atoms with Crippen molar-refractivity contribution >= 4 is 29.0 Å². The molecule has 0 radical (unpaired) electrons. The fourth-order valence-electron chi connectivity index (χ4n) is 5.18. The highest BCUT2D eigenvalue weighted by molar-refractivity contribution is 6.35. The predicted octanol–water partition coefficient (Wildman–Crippen LogP) is 5.69. The maximum absolute atomic E-state index is 6.12. The standard InChI is InChI=1S/C23H28Cl2N4/c24-18-14-17(15-19(25)16-18)21-4-5-22(27-26-21)29-12-8-23(9-13-29)6-10-28(11-7-23)20-2-1-3-20/h4-5,14-16,20H,1-3,6-13H2. The van der Waals surface area contributed by atoms with Gasteiger partial charge in [0, 0.05) is 34.7 Å². The van der Waals surface area contributed by atoms with Gasteiger partial charge in [0.05, 0.1) is 5.69 Å².